The fraction of sp³-hybridized carbons (Fsp3) is 0.688. The number of piperazine rings is 1. The quantitative estimate of drug-likeness (QED) is 0.822. The van der Waals surface area contributed by atoms with Crippen LogP contribution < -0.4 is 0 Å². The Bertz CT molecular complexity index is 557. The predicted octanol–water partition coefficient (Wildman–Crippen LogP) is 0.753. The molecule has 2 aliphatic heterocycles. The van der Waals surface area contributed by atoms with Crippen LogP contribution in [-0.2, 0) is 4.79 Å². The van der Waals surface area contributed by atoms with Crippen molar-refractivity contribution in [2.75, 3.05) is 45.8 Å². The number of hydrogen-bond acceptors (Lipinski definition) is 5. The van der Waals surface area contributed by atoms with Crippen molar-refractivity contribution in [1.82, 2.24) is 19.9 Å². The Morgan fingerprint density at radius 1 is 1.04 bits per heavy atom. The van der Waals surface area contributed by atoms with Gasteiger partial charge in [0, 0.05) is 45.3 Å². The zero-order valence-electron chi connectivity index (χ0n) is 13.7. The average molecular weight is 320 g/mol. The fourth-order valence-corrected chi connectivity index (χ4v) is 3.16. The van der Waals surface area contributed by atoms with Gasteiger partial charge in [0.25, 0.3) is 5.91 Å². The maximum atomic E-state index is 12.3. The van der Waals surface area contributed by atoms with Crippen molar-refractivity contribution in [1.29, 1.82) is 0 Å². The second-order valence-corrected chi connectivity index (χ2v) is 6.34. The molecule has 2 aliphatic rings. The number of rotatable bonds is 3. The number of aromatic nitrogens is 1. The zero-order chi connectivity index (χ0) is 16.2. The highest BCUT2D eigenvalue weighted by Crippen LogP contribution is 2.12. The SMILES string of the molecule is Cc1cc(C(=O)N2CCN(CC(=O)N3CCCCC3)CC2)on1. The normalized spacial score (nSPS) is 19.9. The molecule has 0 radical (unpaired) electrons. The van der Waals surface area contributed by atoms with E-state index < -0.39 is 0 Å². The van der Waals surface area contributed by atoms with Gasteiger partial charge in [-0.1, -0.05) is 5.16 Å². The molecular formula is C16H24N4O3. The van der Waals surface area contributed by atoms with E-state index in [0.29, 0.717) is 31.1 Å². The van der Waals surface area contributed by atoms with E-state index in [-0.39, 0.29) is 11.8 Å². The molecule has 2 fully saturated rings. The minimum atomic E-state index is -0.118. The third-order valence-corrected chi connectivity index (χ3v) is 4.57. The van der Waals surface area contributed by atoms with E-state index in [4.69, 9.17) is 4.52 Å². The number of carbonyl (C=O) groups is 2. The Kier molecular flexibility index (Phi) is 4.95. The van der Waals surface area contributed by atoms with Gasteiger partial charge in [-0.25, -0.2) is 0 Å². The van der Waals surface area contributed by atoms with Crippen LogP contribution in [0.2, 0.25) is 0 Å². The molecule has 0 spiro atoms. The minimum Gasteiger partial charge on any atom is -0.351 e. The number of aryl methyl sites for hydroxylation is 1. The van der Waals surface area contributed by atoms with Gasteiger partial charge in [0.05, 0.1) is 12.2 Å². The largest absolute Gasteiger partial charge is 0.351 e. The lowest BCUT2D eigenvalue weighted by molar-refractivity contribution is -0.133. The molecule has 2 amide bonds. The summed E-state index contributed by atoms with van der Waals surface area (Å²) >= 11 is 0. The van der Waals surface area contributed by atoms with Crippen molar-refractivity contribution in [3.8, 4) is 0 Å². The molecular weight excluding hydrogens is 296 g/mol. The molecule has 3 heterocycles. The van der Waals surface area contributed by atoms with E-state index >= 15 is 0 Å². The maximum absolute atomic E-state index is 12.3. The van der Waals surface area contributed by atoms with E-state index in [9.17, 15) is 9.59 Å². The summed E-state index contributed by atoms with van der Waals surface area (Å²) in [5, 5.41) is 3.76. The van der Waals surface area contributed by atoms with Gasteiger partial charge in [0.1, 0.15) is 0 Å². The second kappa shape index (κ2) is 7.12. The summed E-state index contributed by atoms with van der Waals surface area (Å²) in [5.74, 6) is 0.392. The minimum absolute atomic E-state index is 0.118. The topological polar surface area (TPSA) is 69.9 Å². The van der Waals surface area contributed by atoms with E-state index in [2.05, 4.69) is 10.1 Å². The van der Waals surface area contributed by atoms with Crippen molar-refractivity contribution in [2.24, 2.45) is 0 Å². The molecule has 0 N–H and O–H groups in total. The molecule has 2 saturated heterocycles. The van der Waals surface area contributed by atoms with E-state index in [1.807, 2.05) is 4.90 Å². The van der Waals surface area contributed by atoms with Gasteiger partial charge in [0.2, 0.25) is 11.7 Å². The van der Waals surface area contributed by atoms with Gasteiger partial charge in [-0.2, -0.15) is 0 Å². The number of likely N-dealkylation sites (tertiary alicyclic amines) is 1. The van der Waals surface area contributed by atoms with Crippen LogP contribution in [0.25, 0.3) is 0 Å². The average Bonchev–Trinajstić information content (AvgIpc) is 3.02. The van der Waals surface area contributed by atoms with Crippen LogP contribution in [0, 0.1) is 6.92 Å². The van der Waals surface area contributed by atoms with Gasteiger partial charge in [-0.3, -0.25) is 14.5 Å². The van der Waals surface area contributed by atoms with Crippen molar-refractivity contribution < 1.29 is 14.1 Å². The van der Waals surface area contributed by atoms with Gasteiger partial charge in [-0.15, -0.1) is 0 Å². The highest BCUT2D eigenvalue weighted by molar-refractivity contribution is 5.91. The monoisotopic (exact) mass is 320 g/mol. The van der Waals surface area contributed by atoms with E-state index in [0.717, 1.165) is 39.0 Å². The van der Waals surface area contributed by atoms with Crippen LogP contribution in [0.15, 0.2) is 10.6 Å². The van der Waals surface area contributed by atoms with Crippen LogP contribution in [0.5, 0.6) is 0 Å². The van der Waals surface area contributed by atoms with Crippen molar-refractivity contribution >= 4 is 11.8 Å². The van der Waals surface area contributed by atoms with Crippen LogP contribution in [0.4, 0.5) is 0 Å². The summed E-state index contributed by atoms with van der Waals surface area (Å²) in [7, 11) is 0. The Labute approximate surface area is 136 Å². The lowest BCUT2D eigenvalue weighted by atomic mass is 10.1. The second-order valence-electron chi connectivity index (χ2n) is 6.34. The molecule has 0 saturated carbocycles. The summed E-state index contributed by atoms with van der Waals surface area (Å²) in [6.45, 7) is 6.72. The van der Waals surface area contributed by atoms with E-state index in [1.54, 1.807) is 17.9 Å². The first-order valence-electron chi connectivity index (χ1n) is 8.36. The van der Waals surface area contributed by atoms with Gasteiger partial charge < -0.3 is 14.3 Å². The smallest absolute Gasteiger partial charge is 0.292 e. The number of nitrogens with zero attached hydrogens (tertiary/aromatic N) is 4. The standard InChI is InChI=1S/C16H24N4O3/c1-13-11-14(23-17-13)16(22)20-9-7-18(8-10-20)12-15(21)19-5-3-2-4-6-19/h11H,2-10,12H2,1H3. The molecule has 1 aromatic heterocycles. The number of piperidine rings is 1. The lowest BCUT2D eigenvalue weighted by Gasteiger charge is -2.35. The molecule has 0 unspecified atom stereocenters. The summed E-state index contributed by atoms with van der Waals surface area (Å²) in [5.41, 5.74) is 0.708. The fourth-order valence-electron chi connectivity index (χ4n) is 3.16. The molecule has 7 heteroatoms. The Hall–Kier alpha value is -1.89. The molecule has 126 valence electrons. The Morgan fingerprint density at radius 3 is 2.35 bits per heavy atom. The molecule has 1 aromatic rings. The third-order valence-electron chi connectivity index (χ3n) is 4.57. The zero-order valence-corrected chi connectivity index (χ0v) is 13.7. The first-order valence-corrected chi connectivity index (χ1v) is 8.36. The Balaban J connectivity index is 1.46. The Morgan fingerprint density at radius 2 is 1.74 bits per heavy atom. The van der Waals surface area contributed by atoms with Crippen LogP contribution >= 0.6 is 0 Å². The third kappa shape index (κ3) is 3.90. The summed E-state index contributed by atoms with van der Waals surface area (Å²) in [4.78, 5) is 30.4. The van der Waals surface area contributed by atoms with Gasteiger partial charge >= 0.3 is 0 Å². The lowest BCUT2D eigenvalue weighted by Crippen LogP contribution is -2.52. The van der Waals surface area contributed by atoms with Crippen LogP contribution in [-0.4, -0.2) is 77.5 Å². The highest BCUT2D eigenvalue weighted by Gasteiger charge is 2.26. The first kappa shape index (κ1) is 16.0. The number of carbonyl (C=O) groups excluding carboxylic acids is 2. The first-order chi connectivity index (χ1) is 11.1. The molecule has 23 heavy (non-hydrogen) atoms. The van der Waals surface area contributed by atoms with E-state index in [1.165, 1.54) is 6.42 Å². The van der Waals surface area contributed by atoms with Crippen molar-refractivity contribution in [3.63, 3.8) is 0 Å². The van der Waals surface area contributed by atoms with Crippen molar-refractivity contribution in [2.45, 2.75) is 26.2 Å². The molecule has 0 atom stereocenters. The van der Waals surface area contributed by atoms with Crippen LogP contribution in [0.1, 0.15) is 35.5 Å². The van der Waals surface area contributed by atoms with Gasteiger partial charge in [0.15, 0.2) is 0 Å². The maximum Gasteiger partial charge on any atom is 0.292 e. The summed E-state index contributed by atoms with van der Waals surface area (Å²) in [6, 6.07) is 1.66. The molecule has 7 nitrogen and oxygen atoms in total. The molecule has 0 aliphatic carbocycles. The van der Waals surface area contributed by atoms with Gasteiger partial charge in [-0.05, 0) is 26.2 Å². The summed E-state index contributed by atoms with van der Waals surface area (Å²) in [6.07, 6.45) is 3.46. The number of amides is 2. The molecule has 0 bridgehead atoms. The molecule has 0 aromatic carbocycles. The highest BCUT2D eigenvalue weighted by atomic mass is 16.5. The van der Waals surface area contributed by atoms with Crippen molar-refractivity contribution in [3.05, 3.63) is 17.5 Å². The molecule has 3 rings (SSSR count). The predicted molar refractivity (Wildman–Crippen MR) is 84.0 cm³/mol. The van der Waals surface area contributed by atoms with Crippen LogP contribution in [0.3, 0.4) is 0 Å². The summed E-state index contributed by atoms with van der Waals surface area (Å²) < 4.78 is 5.03. The number of hydrogen-bond donors (Lipinski definition) is 0.